The number of hydrogen-bond acceptors (Lipinski definition) is 3. The van der Waals surface area contributed by atoms with Crippen LogP contribution in [0.15, 0.2) is 24.3 Å². The molecule has 0 fully saturated rings. The first-order chi connectivity index (χ1) is 9.58. The van der Waals surface area contributed by atoms with Gasteiger partial charge in [-0.05, 0) is 37.4 Å². The quantitative estimate of drug-likeness (QED) is 0.804. The van der Waals surface area contributed by atoms with Crippen molar-refractivity contribution in [2.75, 3.05) is 30.3 Å². The largest absolute Gasteiger partial charge is 0.326 e. The molecule has 110 valence electrons. The zero-order valence-electron chi connectivity index (χ0n) is 12.4. The standard InChI is InChI=1S/C15H23N3O2/c1-4-14(19)16-12-7-9-13(10-8-12)17-15(20)11-18(5-2)6-3/h7-10H,4-6,11H2,1-3H3,(H,16,19)(H,17,20). The van der Waals surface area contributed by atoms with Gasteiger partial charge in [-0.3, -0.25) is 14.5 Å². The van der Waals surface area contributed by atoms with Crippen LogP contribution in [0, 0.1) is 0 Å². The van der Waals surface area contributed by atoms with Crippen LogP contribution in [-0.2, 0) is 9.59 Å². The molecular formula is C15H23N3O2. The highest BCUT2D eigenvalue weighted by atomic mass is 16.2. The van der Waals surface area contributed by atoms with Crippen molar-refractivity contribution in [2.24, 2.45) is 0 Å². The molecule has 1 aromatic carbocycles. The van der Waals surface area contributed by atoms with E-state index in [0.29, 0.717) is 13.0 Å². The number of carbonyl (C=O) groups is 2. The Balaban J connectivity index is 2.52. The molecule has 5 heteroatoms. The molecule has 0 aromatic heterocycles. The van der Waals surface area contributed by atoms with Gasteiger partial charge in [0.15, 0.2) is 0 Å². The first-order valence-corrected chi connectivity index (χ1v) is 7.01. The highest BCUT2D eigenvalue weighted by Gasteiger charge is 2.07. The van der Waals surface area contributed by atoms with Gasteiger partial charge in [-0.1, -0.05) is 20.8 Å². The van der Waals surface area contributed by atoms with Crippen molar-refractivity contribution in [3.05, 3.63) is 24.3 Å². The van der Waals surface area contributed by atoms with Gasteiger partial charge in [0.25, 0.3) is 0 Å². The lowest BCUT2D eigenvalue weighted by molar-refractivity contribution is -0.117. The fourth-order valence-corrected chi connectivity index (χ4v) is 1.74. The maximum absolute atomic E-state index is 11.8. The van der Waals surface area contributed by atoms with Crippen LogP contribution in [0.2, 0.25) is 0 Å². The summed E-state index contributed by atoms with van der Waals surface area (Å²) in [5, 5.41) is 5.60. The third-order valence-corrected chi connectivity index (χ3v) is 3.04. The minimum absolute atomic E-state index is 0.0247. The van der Waals surface area contributed by atoms with Gasteiger partial charge >= 0.3 is 0 Å². The lowest BCUT2D eigenvalue weighted by atomic mass is 10.2. The molecule has 0 heterocycles. The maximum atomic E-state index is 11.8. The number of rotatable bonds is 7. The van der Waals surface area contributed by atoms with Crippen molar-refractivity contribution >= 4 is 23.2 Å². The highest BCUT2D eigenvalue weighted by molar-refractivity contribution is 5.93. The van der Waals surface area contributed by atoms with E-state index in [1.54, 1.807) is 31.2 Å². The SMILES string of the molecule is CCC(=O)Nc1ccc(NC(=O)CN(CC)CC)cc1. The Labute approximate surface area is 120 Å². The summed E-state index contributed by atoms with van der Waals surface area (Å²) < 4.78 is 0. The van der Waals surface area contributed by atoms with Crippen LogP contribution in [0.4, 0.5) is 11.4 Å². The summed E-state index contributed by atoms with van der Waals surface area (Å²) in [6.07, 6.45) is 0.447. The van der Waals surface area contributed by atoms with Gasteiger partial charge < -0.3 is 10.6 Å². The predicted molar refractivity (Wildman–Crippen MR) is 81.8 cm³/mol. The van der Waals surface area contributed by atoms with E-state index >= 15 is 0 Å². The van der Waals surface area contributed by atoms with Crippen LogP contribution in [0.3, 0.4) is 0 Å². The number of carbonyl (C=O) groups excluding carboxylic acids is 2. The highest BCUT2D eigenvalue weighted by Crippen LogP contribution is 2.13. The molecule has 2 amide bonds. The molecule has 0 aliphatic heterocycles. The zero-order chi connectivity index (χ0) is 15.0. The summed E-state index contributed by atoms with van der Waals surface area (Å²) in [6, 6.07) is 7.12. The van der Waals surface area contributed by atoms with E-state index in [1.807, 2.05) is 18.7 Å². The summed E-state index contributed by atoms with van der Waals surface area (Å²) in [4.78, 5) is 25.1. The normalized spacial score (nSPS) is 10.4. The maximum Gasteiger partial charge on any atom is 0.238 e. The van der Waals surface area contributed by atoms with E-state index in [1.165, 1.54) is 0 Å². The van der Waals surface area contributed by atoms with Crippen LogP contribution in [0.25, 0.3) is 0 Å². The van der Waals surface area contributed by atoms with Crippen molar-refractivity contribution in [1.29, 1.82) is 0 Å². The van der Waals surface area contributed by atoms with Gasteiger partial charge in [-0.2, -0.15) is 0 Å². The van der Waals surface area contributed by atoms with E-state index in [4.69, 9.17) is 0 Å². The predicted octanol–water partition coefficient (Wildman–Crippen LogP) is 2.32. The second-order valence-corrected chi connectivity index (χ2v) is 4.49. The van der Waals surface area contributed by atoms with Crippen LogP contribution in [-0.4, -0.2) is 36.3 Å². The van der Waals surface area contributed by atoms with Crippen molar-refractivity contribution in [3.63, 3.8) is 0 Å². The first-order valence-electron chi connectivity index (χ1n) is 7.01. The first kappa shape index (κ1) is 16.2. The van der Waals surface area contributed by atoms with Crippen LogP contribution < -0.4 is 10.6 Å². The molecule has 1 rings (SSSR count). The molecule has 0 aliphatic rings. The lowest BCUT2D eigenvalue weighted by Gasteiger charge is -2.17. The number of hydrogen-bond donors (Lipinski definition) is 2. The molecule has 0 aliphatic carbocycles. The lowest BCUT2D eigenvalue weighted by Crippen LogP contribution is -2.32. The van der Waals surface area contributed by atoms with Gasteiger partial charge in [0.1, 0.15) is 0 Å². The third kappa shape index (κ3) is 5.40. The number of benzene rings is 1. The summed E-state index contributed by atoms with van der Waals surface area (Å²) in [7, 11) is 0. The molecular weight excluding hydrogens is 254 g/mol. The minimum Gasteiger partial charge on any atom is -0.326 e. The van der Waals surface area contributed by atoms with Gasteiger partial charge in [0, 0.05) is 17.8 Å². The molecule has 0 bridgehead atoms. The van der Waals surface area contributed by atoms with Crippen LogP contribution in [0.1, 0.15) is 27.2 Å². The van der Waals surface area contributed by atoms with E-state index in [2.05, 4.69) is 10.6 Å². The number of nitrogens with zero attached hydrogens (tertiary/aromatic N) is 1. The van der Waals surface area contributed by atoms with E-state index < -0.39 is 0 Å². The molecule has 0 unspecified atom stereocenters. The molecule has 0 saturated carbocycles. The van der Waals surface area contributed by atoms with Gasteiger partial charge in [0.2, 0.25) is 11.8 Å². The number of nitrogens with one attached hydrogen (secondary N) is 2. The number of anilines is 2. The average Bonchev–Trinajstić information content (AvgIpc) is 2.46. The van der Waals surface area contributed by atoms with Gasteiger partial charge in [-0.15, -0.1) is 0 Å². The molecule has 0 saturated heterocycles. The zero-order valence-corrected chi connectivity index (χ0v) is 12.4. The summed E-state index contributed by atoms with van der Waals surface area (Å²) in [6.45, 7) is 7.96. The van der Waals surface area contributed by atoms with E-state index in [9.17, 15) is 9.59 Å². The Morgan fingerprint density at radius 2 is 1.35 bits per heavy atom. The third-order valence-electron chi connectivity index (χ3n) is 3.04. The van der Waals surface area contributed by atoms with E-state index in [-0.39, 0.29) is 11.8 Å². The number of likely N-dealkylation sites (N-methyl/N-ethyl adjacent to an activating group) is 1. The van der Waals surface area contributed by atoms with Crippen molar-refractivity contribution in [2.45, 2.75) is 27.2 Å². The van der Waals surface area contributed by atoms with Crippen molar-refractivity contribution < 1.29 is 9.59 Å². The van der Waals surface area contributed by atoms with Crippen LogP contribution in [0.5, 0.6) is 0 Å². The molecule has 20 heavy (non-hydrogen) atoms. The second-order valence-electron chi connectivity index (χ2n) is 4.49. The van der Waals surface area contributed by atoms with Gasteiger partial charge in [0.05, 0.1) is 6.54 Å². The van der Waals surface area contributed by atoms with Gasteiger partial charge in [-0.25, -0.2) is 0 Å². The smallest absolute Gasteiger partial charge is 0.238 e. The Morgan fingerprint density at radius 1 is 0.900 bits per heavy atom. The average molecular weight is 277 g/mol. The summed E-state index contributed by atoms with van der Waals surface area (Å²) in [5.74, 6) is -0.0534. The Hall–Kier alpha value is -1.88. The Morgan fingerprint density at radius 3 is 1.75 bits per heavy atom. The van der Waals surface area contributed by atoms with E-state index in [0.717, 1.165) is 24.5 Å². The molecule has 0 atom stereocenters. The Kier molecular flexibility index (Phi) is 6.73. The van der Waals surface area contributed by atoms with Crippen molar-refractivity contribution in [3.8, 4) is 0 Å². The second kappa shape index (κ2) is 8.32. The minimum atomic E-state index is -0.0287. The number of amides is 2. The summed E-state index contributed by atoms with van der Waals surface area (Å²) in [5.41, 5.74) is 1.47. The summed E-state index contributed by atoms with van der Waals surface area (Å²) >= 11 is 0. The molecule has 1 aromatic rings. The fourth-order valence-electron chi connectivity index (χ4n) is 1.74. The molecule has 2 N–H and O–H groups in total. The Bertz CT molecular complexity index is 439. The molecule has 0 spiro atoms. The molecule has 5 nitrogen and oxygen atoms in total. The topological polar surface area (TPSA) is 61.4 Å². The van der Waals surface area contributed by atoms with Crippen molar-refractivity contribution in [1.82, 2.24) is 4.90 Å². The van der Waals surface area contributed by atoms with Crippen LogP contribution >= 0.6 is 0 Å². The fraction of sp³-hybridized carbons (Fsp3) is 0.467. The monoisotopic (exact) mass is 277 g/mol. The molecule has 0 radical (unpaired) electrons.